The highest BCUT2D eigenvalue weighted by molar-refractivity contribution is 5.99. The van der Waals surface area contributed by atoms with E-state index in [1.54, 1.807) is 39.0 Å². The number of hydrogen-bond donors (Lipinski definition) is 2. The van der Waals surface area contributed by atoms with Crippen molar-refractivity contribution in [3.63, 3.8) is 0 Å². The van der Waals surface area contributed by atoms with Crippen LogP contribution in [0.15, 0.2) is 18.2 Å². The van der Waals surface area contributed by atoms with E-state index >= 15 is 0 Å². The van der Waals surface area contributed by atoms with Crippen LogP contribution in [0.1, 0.15) is 41.0 Å². The third-order valence-corrected chi connectivity index (χ3v) is 3.18. The van der Waals surface area contributed by atoms with E-state index in [1.165, 1.54) is 7.11 Å². The molecule has 0 aromatic heterocycles. The van der Waals surface area contributed by atoms with Crippen LogP contribution in [0.25, 0.3) is 0 Å². The molecule has 0 aliphatic carbocycles. The zero-order chi connectivity index (χ0) is 17.6. The topological polar surface area (TPSA) is 76.7 Å². The van der Waals surface area contributed by atoms with Crippen molar-refractivity contribution >= 4 is 23.4 Å². The van der Waals surface area contributed by atoms with Gasteiger partial charge in [-0.05, 0) is 39.3 Å². The lowest BCUT2D eigenvalue weighted by Gasteiger charge is -2.21. The molecular formula is C17H26N2O4. The molecule has 23 heavy (non-hydrogen) atoms. The molecule has 0 saturated carbocycles. The molecule has 6 nitrogen and oxygen atoms in total. The monoisotopic (exact) mass is 322 g/mol. The first-order valence-electron chi connectivity index (χ1n) is 7.65. The Balaban J connectivity index is 2.98. The van der Waals surface area contributed by atoms with Crippen LogP contribution in [0, 0.1) is 5.92 Å². The van der Waals surface area contributed by atoms with Crippen molar-refractivity contribution in [1.82, 2.24) is 0 Å². The summed E-state index contributed by atoms with van der Waals surface area (Å²) in [5.74, 6) is 0.336. The molecule has 0 bridgehead atoms. The summed E-state index contributed by atoms with van der Waals surface area (Å²) in [6.45, 7) is 9.14. The minimum absolute atomic E-state index is 0.118. The molecule has 128 valence electrons. The first-order chi connectivity index (χ1) is 10.7. The summed E-state index contributed by atoms with van der Waals surface area (Å²) in [5.41, 5.74) is 0.327. The Hall–Kier alpha value is -2.24. The van der Waals surface area contributed by atoms with Crippen LogP contribution in [-0.2, 0) is 9.53 Å². The number of carbonyl (C=O) groups excluding carboxylic acids is 2. The second kappa shape index (κ2) is 7.85. The number of anilines is 2. The van der Waals surface area contributed by atoms with Gasteiger partial charge in [0, 0.05) is 12.0 Å². The highest BCUT2D eigenvalue weighted by atomic mass is 16.6. The largest absolute Gasteiger partial charge is 0.497 e. The number of amides is 2. The summed E-state index contributed by atoms with van der Waals surface area (Å²) in [7, 11) is 1.54. The van der Waals surface area contributed by atoms with Gasteiger partial charge in [-0.2, -0.15) is 0 Å². The molecule has 0 saturated heterocycles. The maximum atomic E-state index is 12.1. The van der Waals surface area contributed by atoms with Crippen LogP contribution in [0.3, 0.4) is 0 Å². The molecule has 1 rings (SSSR count). The Morgan fingerprint density at radius 3 is 2.35 bits per heavy atom. The molecule has 2 N–H and O–H groups in total. The minimum atomic E-state index is -0.601. The van der Waals surface area contributed by atoms with Crippen molar-refractivity contribution in [1.29, 1.82) is 0 Å². The van der Waals surface area contributed by atoms with E-state index in [4.69, 9.17) is 9.47 Å². The van der Waals surface area contributed by atoms with Gasteiger partial charge in [-0.15, -0.1) is 0 Å². The van der Waals surface area contributed by atoms with Crippen molar-refractivity contribution in [2.45, 2.75) is 46.6 Å². The molecule has 0 aliphatic rings. The fraction of sp³-hybridized carbons (Fsp3) is 0.529. The van der Waals surface area contributed by atoms with E-state index in [0.717, 1.165) is 6.42 Å². The third-order valence-electron chi connectivity index (χ3n) is 3.18. The fourth-order valence-corrected chi connectivity index (χ4v) is 1.72. The number of hydrogen-bond acceptors (Lipinski definition) is 4. The Kier molecular flexibility index (Phi) is 6.42. The van der Waals surface area contributed by atoms with Gasteiger partial charge in [0.25, 0.3) is 0 Å². The zero-order valence-corrected chi connectivity index (χ0v) is 14.6. The molecule has 0 radical (unpaired) electrons. The van der Waals surface area contributed by atoms with Crippen LogP contribution < -0.4 is 15.4 Å². The van der Waals surface area contributed by atoms with Crippen LogP contribution >= 0.6 is 0 Å². The maximum absolute atomic E-state index is 12.1. The van der Waals surface area contributed by atoms with Gasteiger partial charge in [-0.25, -0.2) is 4.79 Å². The fourth-order valence-electron chi connectivity index (χ4n) is 1.72. The van der Waals surface area contributed by atoms with Crippen molar-refractivity contribution in [3.8, 4) is 5.75 Å². The molecule has 0 fully saturated rings. The van der Waals surface area contributed by atoms with Gasteiger partial charge >= 0.3 is 6.09 Å². The molecule has 1 aromatic carbocycles. The maximum Gasteiger partial charge on any atom is 0.412 e. The standard InChI is InChI=1S/C17H26N2O4/c1-7-11(2)15(20)18-14-10-12(22-6)8-9-13(14)19-16(21)23-17(3,4)5/h8-11H,7H2,1-6H3,(H,18,20)(H,19,21). The predicted molar refractivity (Wildman–Crippen MR) is 90.9 cm³/mol. The molecule has 1 unspecified atom stereocenters. The number of carbonyl (C=O) groups is 2. The second-order valence-corrected chi connectivity index (χ2v) is 6.34. The minimum Gasteiger partial charge on any atom is -0.497 e. The van der Waals surface area contributed by atoms with Gasteiger partial charge in [0.05, 0.1) is 18.5 Å². The summed E-state index contributed by atoms with van der Waals surface area (Å²) < 4.78 is 10.4. The van der Waals surface area contributed by atoms with Gasteiger partial charge < -0.3 is 14.8 Å². The van der Waals surface area contributed by atoms with Gasteiger partial charge in [0.15, 0.2) is 0 Å². The van der Waals surface area contributed by atoms with Crippen LogP contribution in [0.4, 0.5) is 16.2 Å². The third kappa shape index (κ3) is 6.18. The first-order valence-corrected chi connectivity index (χ1v) is 7.65. The van der Waals surface area contributed by atoms with Gasteiger partial charge in [0.2, 0.25) is 5.91 Å². The molecule has 0 aliphatic heterocycles. The van der Waals surface area contributed by atoms with Crippen LogP contribution in [-0.4, -0.2) is 24.7 Å². The summed E-state index contributed by atoms with van der Waals surface area (Å²) in [6.07, 6.45) is 0.145. The lowest BCUT2D eigenvalue weighted by atomic mass is 10.1. The SMILES string of the molecule is CCC(C)C(=O)Nc1cc(OC)ccc1NC(=O)OC(C)(C)C. The summed E-state index contributed by atoms with van der Waals surface area (Å²) in [6, 6.07) is 5.02. The Bertz CT molecular complexity index is 564. The molecule has 6 heteroatoms. The second-order valence-electron chi connectivity index (χ2n) is 6.34. The summed E-state index contributed by atoms with van der Waals surface area (Å²) >= 11 is 0. The highest BCUT2D eigenvalue weighted by Crippen LogP contribution is 2.28. The van der Waals surface area contributed by atoms with Crippen LogP contribution in [0.2, 0.25) is 0 Å². The summed E-state index contributed by atoms with van der Waals surface area (Å²) in [5, 5.41) is 5.46. The average Bonchev–Trinajstić information content (AvgIpc) is 2.46. The predicted octanol–water partition coefficient (Wildman–Crippen LogP) is 4.03. The van der Waals surface area contributed by atoms with E-state index in [1.807, 2.05) is 13.8 Å². The van der Waals surface area contributed by atoms with Gasteiger partial charge in [-0.1, -0.05) is 13.8 Å². The smallest absolute Gasteiger partial charge is 0.412 e. The molecule has 2 amide bonds. The van der Waals surface area contributed by atoms with Crippen molar-refractivity contribution in [2.24, 2.45) is 5.92 Å². The Morgan fingerprint density at radius 2 is 1.83 bits per heavy atom. The number of methoxy groups -OCH3 is 1. The van der Waals surface area contributed by atoms with Crippen molar-refractivity contribution < 1.29 is 19.1 Å². The number of nitrogens with one attached hydrogen (secondary N) is 2. The number of ether oxygens (including phenoxy) is 2. The molecule has 1 atom stereocenters. The van der Waals surface area contributed by atoms with E-state index < -0.39 is 11.7 Å². The molecular weight excluding hydrogens is 296 g/mol. The molecule has 1 aromatic rings. The van der Waals surface area contributed by atoms with E-state index in [9.17, 15) is 9.59 Å². The van der Waals surface area contributed by atoms with Crippen molar-refractivity contribution in [2.75, 3.05) is 17.7 Å². The Labute approximate surface area is 137 Å². The van der Waals surface area contributed by atoms with E-state index in [0.29, 0.717) is 17.1 Å². The lowest BCUT2D eigenvalue weighted by Crippen LogP contribution is -2.28. The Morgan fingerprint density at radius 1 is 1.17 bits per heavy atom. The van der Waals surface area contributed by atoms with Crippen LogP contribution in [0.5, 0.6) is 5.75 Å². The van der Waals surface area contributed by atoms with Crippen molar-refractivity contribution in [3.05, 3.63) is 18.2 Å². The number of benzene rings is 1. The summed E-state index contributed by atoms with van der Waals surface area (Å²) in [4.78, 5) is 24.0. The average molecular weight is 322 g/mol. The van der Waals surface area contributed by atoms with Gasteiger partial charge in [-0.3, -0.25) is 10.1 Å². The normalized spacial score (nSPS) is 12.3. The zero-order valence-electron chi connectivity index (χ0n) is 14.6. The van der Waals surface area contributed by atoms with Gasteiger partial charge in [0.1, 0.15) is 11.4 Å². The highest BCUT2D eigenvalue weighted by Gasteiger charge is 2.19. The quantitative estimate of drug-likeness (QED) is 0.858. The lowest BCUT2D eigenvalue weighted by molar-refractivity contribution is -0.119. The molecule has 0 heterocycles. The van der Waals surface area contributed by atoms with E-state index in [-0.39, 0.29) is 11.8 Å². The number of rotatable bonds is 5. The first kappa shape index (κ1) is 18.8. The molecule has 0 spiro atoms. The van der Waals surface area contributed by atoms with E-state index in [2.05, 4.69) is 10.6 Å².